The molecule has 2 aromatic rings. The lowest BCUT2D eigenvalue weighted by Crippen LogP contribution is -2.52. The molecule has 1 N–H and O–H groups in total. The number of hydrogen-bond donors (Lipinski definition) is 1. The van der Waals surface area contributed by atoms with Gasteiger partial charge in [-0.2, -0.15) is 0 Å². The zero-order valence-corrected chi connectivity index (χ0v) is 22.3. The highest BCUT2D eigenvalue weighted by atomic mass is 35.5. The predicted molar refractivity (Wildman–Crippen MR) is 138 cm³/mol. The summed E-state index contributed by atoms with van der Waals surface area (Å²) in [5.41, 5.74) is 0.706. The number of hydrogen-bond acceptors (Lipinski definition) is 4. The van der Waals surface area contributed by atoms with E-state index in [1.807, 2.05) is 6.92 Å². The van der Waals surface area contributed by atoms with Crippen LogP contribution in [0.25, 0.3) is 0 Å². The van der Waals surface area contributed by atoms with Crippen molar-refractivity contribution in [3.63, 3.8) is 0 Å². The van der Waals surface area contributed by atoms with E-state index in [4.69, 9.17) is 34.8 Å². The minimum Gasteiger partial charge on any atom is -0.354 e. The van der Waals surface area contributed by atoms with Crippen LogP contribution in [0, 0.1) is 0 Å². The van der Waals surface area contributed by atoms with Crippen molar-refractivity contribution in [1.82, 2.24) is 10.2 Å². The summed E-state index contributed by atoms with van der Waals surface area (Å²) in [5.74, 6) is -0.922. The molecule has 0 spiro atoms. The van der Waals surface area contributed by atoms with Gasteiger partial charge in [-0.3, -0.25) is 13.9 Å². The number of rotatable bonds is 11. The third-order valence-electron chi connectivity index (χ3n) is 5.10. The summed E-state index contributed by atoms with van der Waals surface area (Å²) >= 11 is 18.7. The van der Waals surface area contributed by atoms with E-state index in [2.05, 4.69) is 5.32 Å². The maximum Gasteiger partial charge on any atom is 0.244 e. The number of amides is 2. The molecule has 0 fully saturated rings. The van der Waals surface area contributed by atoms with Gasteiger partial charge >= 0.3 is 0 Å². The van der Waals surface area contributed by atoms with Crippen molar-refractivity contribution in [2.45, 2.75) is 39.3 Å². The molecule has 2 amide bonds. The predicted octanol–water partition coefficient (Wildman–Crippen LogP) is 4.75. The highest BCUT2D eigenvalue weighted by Gasteiger charge is 2.32. The molecule has 0 saturated carbocycles. The minimum atomic E-state index is -3.84. The summed E-state index contributed by atoms with van der Waals surface area (Å²) in [6.45, 7) is 3.54. The van der Waals surface area contributed by atoms with Gasteiger partial charge < -0.3 is 10.2 Å². The lowest BCUT2D eigenvalue weighted by Gasteiger charge is -2.33. The SMILES string of the molecule is CCCNC(=O)[C@H](CC)N(Cc1c(Cl)cccc1Cl)C(=O)CN(c1cccc(Cl)c1)S(C)(=O)=O. The van der Waals surface area contributed by atoms with Gasteiger partial charge in [0, 0.05) is 33.7 Å². The maximum atomic E-state index is 13.6. The van der Waals surface area contributed by atoms with Gasteiger partial charge in [-0.1, -0.05) is 60.8 Å². The van der Waals surface area contributed by atoms with E-state index in [1.54, 1.807) is 43.3 Å². The fourth-order valence-corrected chi connectivity index (χ4v) is 4.93. The van der Waals surface area contributed by atoms with E-state index in [0.29, 0.717) is 33.6 Å². The third-order valence-corrected chi connectivity index (χ3v) is 7.18. The Morgan fingerprint density at radius 3 is 2.18 bits per heavy atom. The van der Waals surface area contributed by atoms with Gasteiger partial charge in [0.05, 0.1) is 11.9 Å². The molecule has 0 bridgehead atoms. The average molecular weight is 549 g/mol. The fourth-order valence-electron chi connectivity index (χ4n) is 3.38. The smallest absolute Gasteiger partial charge is 0.244 e. The second-order valence-corrected chi connectivity index (χ2v) is 10.8. The number of sulfonamides is 1. The standard InChI is InChI=1S/C23H28Cl3N3O4S/c1-4-12-27-23(31)21(5-2)28(14-18-19(25)10-7-11-20(18)26)22(30)15-29(34(3,32)33)17-9-6-8-16(24)13-17/h6-11,13,21H,4-5,12,14-15H2,1-3H3,(H,27,31)/t21-/m0/s1. The van der Waals surface area contributed by atoms with Gasteiger partial charge in [-0.05, 0) is 43.2 Å². The Labute approximate surface area is 216 Å². The number of carbonyl (C=O) groups excluding carboxylic acids is 2. The van der Waals surface area contributed by atoms with Crippen LogP contribution in [0.1, 0.15) is 32.3 Å². The minimum absolute atomic E-state index is 0.0669. The lowest BCUT2D eigenvalue weighted by molar-refractivity contribution is -0.140. The largest absolute Gasteiger partial charge is 0.354 e. The second-order valence-electron chi connectivity index (χ2n) is 7.69. The van der Waals surface area contributed by atoms with Crippen LogP contribution in [0.3, 0.4) is 0 Å². The summed E-state index contributed by atoms with van der Waals surface area (Å²) in [5, 5.41) is 3.81. The molecular weight excluding hydrogens is 521 g/mol. The molecule has 1 atom stereocenters. The molecule has 34 heavy (non-hydrogen) atoms. The van der Waals surface area contributed by atoms with Crippen LogP contribution in [-0.4, -0.2) is 50.5 Å². The Morgan fingerprint density at radius 1 is 1.03 bits per heavy atom. The van der Waals surface area contributed by atoms with Crippen molar-refractivity contribution in [2.24, 2.45) is 0 Å². The van der Waals surface area contributed by atoms with Crippen LogP contribution < -0.4 is 9.62 Å². The topological polar surface area (TPSA) is 86.8 Å². The zero-order chi connectivity index (χ0) is 25.5. The normalized spacial score (nSPS) is 12.2. The van der Waals surface area contributed by atoms with E-state index in [-0.39, 0.29) is 18.1 Å². The summed E-state index contributed by atoms with van der Waals surface area (Å²) < 4.78 is 26.1. The van der Waals surface area contributed by atoms with Crippen molar-refractivity contribution in [1.29, 1.82) is 0 Å². The molecule has 0 aliphatic carbocycles. The first-order valence-electron chi connectivity index (χ1n) is 10.7. The molecule has 0 aliphatic rings. The summed E-state index contributed by atoms with van der Waals surface area (Å²) in [4.78, 5) is 27.8. The van der Waals surface area contributed by atoms with Crippen molar-refractivity contribution >= 4 is 62.3 Å². The van der Waals surface area contributed by atoms with Gasteiger partial charge in [0.15, 0.2) is 0 Å². The van der Waals surface area contributed by atoms with Crippen LogP contribution in [0.4, 0.5) is 5.69 Å². The monoisotopic (exact) mass is 547 g/mol. The van der Waals surface area contributed by atoms with Crippen LogP contribution in [0.15, 0.2) is 42.5 Å². The molecule has 11 heteroatoms. The van der Waals surface area contributed by atoms with Crippen LogP contribution in [0.5, 0.6) is 0 Å². The first-order valence-corrected chi connectivity index (χ1v) is 13.7. The van der Waals surface area contributed by atoms with Gasteiger partial charge in [0.25, 0.3) is 0 Å². The summed E-state index contributed by atoms with van der Waals surface area (Å²) in [6.07, 6.45) is 2.03. The van der Waals surface area contributed by atoms with E-state index >= 15 is 0 Å². The maximum absolute atomic E-state index is 13.6. The van der Waals surface area contributed by atoms with Crippen molar-refractivity contribution < 1.29 is 18.0 Å². The van der Waals surface area contributed by atoms with Crippen molar-refractivity contribution in [2.75, 3.05) is 23.7 Å². The summed E-state index contributed by atoms with van der Waals surface area (Å²) in [7, 11) is -3.84. The molecule has 2 aromatic carbocycles. The molecule has 0 saturated heterocycles. The Balaban J connectivity index is 2.48. The Kier molecular flexibility index (Phi) is 10.5. The first-order chi connectivity index (χ1) is 16.0. The van der Waals surface area contributed by atoms with E-state index < -0.39 is 28.5 Å². The molecule has 186 valence electrons. The van der Waals surface area contributed by atoms with E-state index in [9.17, 15) is 18.0 Å². The fraction of sp³-hybridized carbons (Fsp3) is 0.391. The molecule has 0 aromatic heterocycles. The molecular formula is C23H28Cl3N3O4S. The number of benzene rings is 2. The van der Waals surface area contributed by atoms with E-state index in [1.165, 1.54) is 11.0 Å². The summed E-state index contributed by atoms with van der Waals surface area (Å²) in [6, 6.07) is 10.3. The number of halogens is 3. The number of carbonyl (C=O) groups is 2. The number of nitrogens with zero attached hydrogens (tertiary/aromatic N) is 2. The molecule has 7 nitrogen and oxygen atoms in total. The molecule has 0 radical (unpaired) electrons. The molecule has 0 aliphatic heterocycles. The third kappa shape index (κ3) is 7.50. The molecule has 0 heterocycles. The number of nitrogens with one attached hydrogen (secondary N) is 1. The Morgan fingerprint density at radius 2 is 1.65 bits per heavy atom. The highest BCUT2D eigenvalue weighted by Crippen LogP contribution is 2.28. The highest BCUT2D eigenvalue weighted by molar-refractivity contribution is 7.92. The van der Waals surface area contributed by atoms with Crippen molar-refractivity contribution in [3.05, 3.63) is 63.1 Å². The van der Waals surface area contributed by atoms with Gasteiger partial charge in [0.1, 0.15) is 12.6 Å². The van der Waals surface area contributed by atoms with Crippen LogP contribution in [0.2, 0.25) is 15.1 Å². The van der Waals surface area contributed by atoms with Crippen LogP contribution >= 0.6 is 34.8 Å². The van der Waals surface area contributed by atoms with Gasteiger partial charge in [-0.25, -0.2) is 8.42 Å². The Bertz CT molecular complexity index is 1110. The van der Waals surface area contributed by atoms with E-state index in [0.717, 1.165) is 17.0 Å². The molecule has 2 rings (SSSR count). The van der Waals surface area contributed by atoms with Gasteiger partial charge in [0.2, 0.25) is 21.8 Å². The number of anilines is 1. The van der Waals surface area contributed by atoms with Gasteiger partial charge in [-0.15, -0.1) is 0 Å². The Hall–Kier alpha value is -2.00. The van der Waals surface area contributed by atoms with Crippen molar-refractivity contribution in [3.8, 4) is 0 Å². The first kappa shape index (κ1) is 28.2. The lowest BCUT2D eigenvalue weighted by atomic mass is 10.1. The zero-order valence-electron chi connectivity index (χ0n) is 19.2. The quantitative estimate of drug-likeness (QED) is 0.439. The average Bonchev–Trinajstić information content (AvgIpc) is 2.76. The molecule has 0 unspecified atom stereocenters. The second kappa shape index (κ2) is 12.6. The van der Waals surface area contributed by atoms with Crippen LogP contribution in [-0.2, 0) is 26.2 Å².